The Kier molecular flexibility index (Phi) is 4.08. The summed E-state index contributed by atoms with van der Waals surface area (Å²) in [4.78, 5) is 0. The lowest BCUT2D eigenvalue weighted by Crippen LogP contribution is -2.35. The number of ether oxygens (including phenoxy) is 1. The molecule has 1 aromatic rings. The van der Waals surface area contributed by atoms with Crippen molar-refractivity contribution in [3.05, 3.63) is 24.3 Å². The average molecular weight is 267 g/mol. The molecule has 0 aliphatic carbocycles. The van der Waals surface area contributed by atoms with Gasteiger partial charge in [0.05, 0.1) is 11.5 Å². The average Bonchev–Trinajstić information content (AvgIpc) is 2.15. The van der Waals surface area contributed by atoms with Gasteiger partial charge in [-0.05, 0) is 6.07 Å². The minimum absolute atomic E-state index is 0.290. The molecule has 0 saturated heterocycles. The fourth-order valence-corrected chi connectivity index (χ4v) is 1.57. The van der Waals surface area contributed by atoms with Gasteiger partial charge in [0.2, 0.25) is 0 Å². The van der Waals surface area contributed by atoms with E-state index >= 15 is 0 Å². The van der Waals surface area contributed by atoms with Gasteiger partial charge < -0.3 is 17.7 Å². The molecule has 0 fully saturated rings. The van der Waals surface area contributed by atoms with Crippen LogP contribution in [0.2, 0.25) is 0 Å². The molecule has 0 amide bonds. The second-order valence-electron chi connectivity index (χ2n) is 3.59. The maximum Gasteiger partial charge on any atom is 0.513 e. The summed E-state index contributed by atoms with van der Waals surface area (Å²) in [6.45, 7) is -5.45. The number of rotatable bonds is 5. The van der Waals surface area contributed by atoms with Gasteiger partial charge in [0.25, 0.3) is 0 Å². The van der Waals surface area contributed by atoms with Crippen LogP contribution in [0.25, 0.3) is 0 Å². The van der Waals surface area contributed by atoms with Gasteiger partial charge >= 0.3 is 6.98 Å². The third kappa shape index (κ3) is 4.68. The number of hydrogen-bond acceptors (Lipinski definition) is 3. The molecule has 0 N–H and O–H groups in total. The SMILES string of the molecule is CS(=O)(=O)CCOc1ccccc1[B-](F)(F)F. The highest BCUT2D eigenvalue weighted by Gasteiger charge is 2.28. The van der Waals surface area contributed by atoms with Crippen molar-refractivity contribution in [1.29, 1.82) is 0 Å². The highest BCUT2D eigenvalue weighted by atomic mass is 32.2. The second-order valence-corrected chi connectivity index (χ2v) is 5.85. The molecule has 1 rings (SSSR count). The summed E-state index contributed by atoms with van der Waals surface area (Å²) in [5.41, 5.74) is -0.846. The fourth-order valence-electron chi connectivity index (χ4n) is 1.19. The van der Waals surface area contributed by atoms with Gasteiger partial charge in [-0.2, -0.15) is 0 Å². The molecule has 0 saturated carbocycles. The van der Waals surface area contributed by atoms with Gasteiger partial charge in [0.1, 0.15) is 6.61 Å². The number of hydrogen-bond donors (Lipinski definition) is 0. The van der Waals surface area contributed by atoms with Crippen LogP contribution in [-0.2, 0) is 9.84 Å². The van der Waals surface area contributed by atoms with E-state index in [-0.39, 0.29) is 18.1 Å². The monoisotopic (exact) mass is 267 g/mol. The minimum atomic E-state index is -5.16. The number of halogens is 3. The van der Waals surface area contributed by atoms with Crippen molar-refractivity contribution in [2.24, 2.45) is 0 Å². The van der Waals surface area contributed by atoms with Gasteiger partial charge in [-0.15, -0.1) is 0 Å². The van der Waals surface area contributed by atoms with E-state index in [1.807, 2.05) is 0 Å². The van der Waals surface area contributed by atoms with Crippen LogP contribution in [0, 0.1) is 0 Å². The molecule has 17 heavy (non-hydrogen) atoms. The maximum atomic E-state index is 12.6. The third-order valence-corrected chi connectivity index (χ3v) is 2.89. The van der Waals surface area contributed by atoms with Crippen molar-refractivity contribution in [2.45, 2.75) is 0 Å². The molecule has 3 nitrogen and oxygen atoms in total. The van der Waals surface area contributed by atoms with Crippen molar-refractivity contribution in [2.75, 3.05) is 18.6 Å². The van der Waals surface area contributed by atoms with Crippen molar-refractivity contribution in [3.8, 4) is 5.75 Å². The highest BCUT2D eigenvalue weighted by Crippen LogP contribution is 2.17. The van der Waals surface area contributed by atoms with E-state index in [1.165, 1.54) is 18.2 Å². The highest BCUT2D eigenvalue weighted by molar-refractivity contribution is 7.90. The Morgan fingerprint density at radius 3 is 2.35 bits per heavy atom. The number of para-hydroxylation sites is 1. The first kappa shape index (κ1) is 13.9. The molecule has 0 spiro atoms. The van der Waals surface area contributed by atoms with Gasteiger partial charge in [-0.1, -0.05) is 23.7 Å². The van der Waals surface area contributed by atoms with Crippen LogP contribution in [0.4, 0.5) is 12.9 Å². The van der Waals surface area contributed by atoms with Crippen LogP contribution in [0.1, 0.15) is 0 Å². The van der Waals surface area contributed by atoms with Crippen LogP contribution in [0.15, 0.2) is 24.3 Å². The van der Waals surface area contributed by atoms with E-state index in [2.05, 4.69) is 0 Å². The molecular formula is C9H11BF3O3S-. The summed E-state index contributed by atoms with van der Waals surface area (Å²) in [6, 6.07) is 4.75. The largest absolute Gasteiger partial charge is 0.513 e. The number of sulfone groups is 1. The van der Waals surface area contributed by atoms with Gasteiger partial charge in [0, 0.05) is 6.26 Å². The maximum absolute atomic E-state index is 12.6. The summed E-state index contributed by atoms with van der Waals surface area (Å²) < 4.78 is 64.2. The minimum Gasteiger partial charge on any atom is -0.496 e. The van der Waals surface area contributed by atoms with Crippen LogP contribution >= 0.6 is 0 Å². The molecule has 0 heterocycles. The standard InChI is InChI=1S/C9H11BF3O3S/c1-17(14,15)7-6-16-9-5-3-2-4-8(9)10(11,12)13/h2-5H,6-7H2,1H3/q-1. The molecule has 1 aromatic carbocycles. The first-order chi connectivity index (χ1) is 7.70. The van der Waals surface area contributed by atoms with E-state index < -0.39 is 22.3 Å². The van der Waals surface area contributed by atoms with E-state index in [1.54, 1.807) is 0 Å². The van der Waals surface area contributed by atoms with Gasteiger partial charge in [-0.25, -0.2) is 8.42 Å². The third-order valence-electron chi connectivity index (χ3n) is 1.98. The molecule has 0 aliphatic rings. The first-order valence-electron chi connectivity index (χ1n) is 4.79. The molecule has 96 valence electrons. The normalized spacial score (nSPS) is 12.5. The van der Waals surface area contributed by atoms with Crippen molar-refractivity contribution >= 4 is 22.3 Å². The number of benzene rings is 1. The van der Waals surface area contributed by atoms with E-state index in [0.717, 1.165) is 12.3 Å². The zero-order valence-electron chi connectivity index (χ0n) is 9.07. The summed E-state index contributed by atoms with van der Waals surface area (Å²) in [5, 5.41) is 0. The van der Waals surface area contributed by atoms with Crippen LogP contribution < -0.4 is 10.2 Å². The molecule has 0 radical (unpaired) electrons. The van der Waals surface area contributed by atoms with Gasteiger partial charge in [-0.3, -0.25) is 0 Å². The Bertz CT molecular complexity index is 485. The zero-order valence-corrected chi connectivity index (χ0v) is 9.88. The zero-order chi connectivity index (χ0) is 13.1. The van der Waals surface area contributed by atoms with Crippen LogP contribution in [0.5, 0.6) is 5.75 Å². The quantitative estimate of drug-likeness (QED) is 0.752. The molecule has 0 aliphatic heterocycles. The summed E-state index contributed by atoms with van der Waals surface area (Å²) in [5.74, 6) is -0.643. The Balaban J connectivity index is 2.78. The molecule has 8 heteroatoms. The predicted molar refractivity (Wildman–Crippen MR) is 60.4 cm³/mol. The molecule has 0 bridgehead atoms. The van der Waals surface area contributed by atoms with Crippen LogP contribution in [0.3, 0.4) is 0 Å². The lowest BCUT2D eigenvalue weighted by Gasteiger charge is -2.19. The smallest absolute Gasteiger partial charge is 0.496 e. The summed E-state index contributed by atoms with van der Waals surface area (Å²) >= 11 is 0. The summed E-state index contributed by atoms with van der Waals surface area (Å²) in [6.07, 6.45) is 0.996. The van der Waals surface area contributed by atoms with E-state index in [9.17, 15) is 21.4 Å². The van der Waals surface area contributed by atoms with Crippen molar-refractivity contribution in [3.63, 3.8) is 0 Å². The molecule has 0 aromatic heterocycles. The lowest BCUT2D eigenvalue weighted by molar-refractivity contribution is 0.341. The fraction of sp³-hybridized carbons (Fsp3) is 0.333. The van der Waals surface area contributed by atoms with Crippen molar-refractivity contribution in [1.82, 2.24) is 0 Å². The van der Waals surface area contributed by atoms with Crippen molar-refractivity contribution < 1.29 is 26.1 Å². The Morgan fingerprint density at radius 2 is 1.82 bits per heavy atom. The molecular weight excluding hydrogens is 256 g/mol. The molecule has 0 unspecified atom stereocenters. The second kappa shape index (κ2) is 4.99. The van der Waals surface area contributed by atoms with E-state index in [4.69, 9.17) is 4.74 Å². The lowest BCUT2D eigenvalue weighted by atomic mass is 9.79. The topological polar surface area (TPSA) is 43.4 Å². The molecule has 0 atom stereocenters. The van der Waals surface area contributed by atoms with E-state index in [0.29, 0.717) is 0 Å². The Morgan fingerprint density at radius 1 is 1.24 bits per heavy atom. The summed E-state index contributed by atoms with van der Waals surface area (Å²) in [7, 11) is -3.24. The Labute approximate surface area is 97.6 Å². The van der Waals surface area contributed by atoms with Gasteiger partial charge in [0.15, 0.2) is 9.84 Å². The predicted octanol–water partition coefficient (Wildman–Crippen LogP) is 1.16. The Hall–Kier alpha value is -1.18. The van der Waals surface area contributed by atoms with Crippen LogP contribution in [-0.4, -0.2) is 34.0 Å². The first-order valence-corrected chi connectivity index (χ1v) is 6.85.